The largest absolute Gasteiger partial charge is 0.407 e. The molecule has 35 heavy (non-hydrogen) atoms. The van der Waals surface area contributed by atoms with Gasteiger partial charge in [0.25, 0.3) is 0 Å². The highest BCUT2D eigenvalue weighted by molar-refractivity contribution is 9.10. The van der Waals surface area contributed by atoms with E-state index in [9.17, 15) is 26.4 Å². The van der Waals surface area contributed by atoms with Gasteiger partial charge in [0.15, 0.2) is 0 Å². The van der Waals surface area contributed by atoms with E-state index in [4.69, 9.17) is 23.3 Å². The lowest BCUT2D eigenvalue weighted by molar-refractivity contribution is -0.160. The summed E-state index contributed by atoms with van der Waals surface area (Å²) in [5.74, 6) is 0.405. The van der Waals surface area contributed by atoms with Crippen LogP contribution in [-0.2, 0) is 21.1 Å². The first-order chi connectivity index (χ1) is 16.2. The van der Waals surface area contributed by atoms with E-state index >= 15 is 0 Å². The second-order valence-electron chi connectivity index (χ2n) is 7.69. The van der Waals surface area contributed by atoms with Gasteiger partial charge >= 0.3 is 6.18 Å². The zero-order valence-electron chi connectivity index (χ0n) is 18.2. The van der Waals surface area contributed by atoms with E-state index in [1.807, 2.05) is 6.07 Å². The molecule has 2 aromatic carbocycles. The number of halogens is 5. The van der Waals surface area contributed by atoms with Crippen LogP contribution in [0.1, 0.15) is 22.7 Å². The standard InChI is InChI=1S/C23H20BrClF3N3O3S/c1-3-18(11-16-5-4-14(12-29)10-19(16)25)30-22(32)20(13-35(2,33)34)31-21(23(26,27)28)15-6-8-17(24)9-7-15/h1,4-10,18,20-21,31H,11,13H2,2H3,(H,30,32). The lowest BCUT2D eigenvalue weighted by Crippen LogP contribution is -2.54. The first-order valence-corrected chi connectivity index (χ1v) is 13.2. The Morgan fingerprint density at radius 2 is 1.86 bits per heavy atom. The third-order valence-electron chi connectivity index (χ3n) is 4.81. The smallest absolute Gasteiger partial charge is 0.341 e. The van der Waals surface area contributed by atoms with Gasteiger partial charge in [-0.3, -0.25) is 10.1 Å². The van der Waals surface area contributed by atoms with E-state index in [0.29, 0.717) is 15.6 Å². The van der Waals surface area contributed by atoms with Crippen LogP contribution in [0.25, 0.3) is 0 Å². The van der Waals surface area contributed by atoms with Crippen molar-refractivity contribution in [3.05, 3.63) is 68.7 Å². The van der Waals surface area contributed by atoms with Crippen molar-refractivity contribution in [2.45, 2.75) is 30.7 Å². The Morgan fingerprint density at radius 1 is 1.23 bits per heavy atom. The van der Waals surface area contributed by atoms with Crippen molar-refractivity contribution in [2.24, 2.45) is 0 Å². The fourth-order valence-electron chi connectivity index (χ4n) is 3.16. The Bertz CT molecular complexity index is 1260. The number of nitrogens with zero attached hydrogens (tertiary/aromatic N) is 1. The number of benzene rings is 2. The molecule has 2 aromatic rings. The van der Waals surface area contributed by atoms with Crippen molar-refractivity contribution in [1.29, 1.82) is 5.26 Å². The van der Waals surface area contributed by atoms with Crippen molar-refractivity contribution >= 4 is 43.3 Å². The van der Waals surface area contributed by atoms with Crippen LogP contribution in [0.2, 0.25) is 5.02 Å². The Morgan fingerprint density at radius 3 is 2.34 bits per heavy atom. The summed E-state index contributed by atoms with van der Waals surface area (Å²) in [5.41, 5.74) is 0.595. The van der Waals surface area contributed by atoms with Gasteiger partial charge in [-0.25, -0.2) is 8.42 Å². The minimum Gasteiger partial charge on any atom is -0.341 e. The number of hydrogen-bond donors (Lipinski definition) is 2. The SMILES string of the molecule is C#CC(Cc1ccc(C#N)cc1Cl)NC(=O)C(CS(C)(=O)=O)NC(c1ccc(Br)cc1)C(F)(F)F. The maximum atomic E-state index is 13.9. The summed E-state index contributed by atoms with van der Waals surface area (Å²) < 4.78 is 66.0. The molecule has 0 aliphatic heterocycles. The molecule has 0 bridgehead atoms. The maximum Gasteiger partial charge on any atom is 0.407 e. The molecule has 0 aromatic heterocycles. The van der Waals surface area contributed by atoms with Crippen LogP contribution in [0.4, 0.5) is 13.2 Å². The Balaban J connectivity index is 2.30. The summed E-state index contributed by atoms with van der Waals surface area (Å²) in [7, 11) is -3.87. The minimum atomic E-state index is -4.83. The molecule has 186 valence electrons. The molecule has 6 nitrogen and oxygen atoms in total. The maximum absolute atomic E-state index is 13.9. The van der Waals surface area contributed by atoms with Gasteiger partial charge in [0.1, 0.15) is 21.9 Å². The van der Waals surface area contributed by atoms with E-state index < -0.39 is 45.8 Å². The van der Waals surface area contributed by atoms with Crippen LogP contribution in [0.15, 0.2) is 46.9 Å². The Labute approximate surface area is 214 Å². The van der Waals surface area contributed by atoms with Crippen LogP contribution in [0.3, 0.4) is 0 Å². The van der Waals surface area contributed by atoms with Crippen molar-refractivity contribution in [3.8, 4) is 18.4 Å². The van der Waals surface area contributed by atoms with Crippen LogP contribution in [0, 0.1) is 23.7 Å². The fourth-order valence-corrected chi connectivity index (χ4v) is 4.54. The summed E-state index contributed by atoms with van der Waals surface area (Å²) in [6.07, 6.45) is 1.49. The lowest BCUT2D eigenvalue weighted by atomic mass is 10.0. The van der Waals surface area contributed by atoms with E-state index in [0.717, 1.165) is 6.26 Å². The molecule has 0 aliphatic carbocycles. The Hall–Kier alpha value is -2.57. The van der Waals surface area contributed by atoms with Crippen LogP contribution in [0.5, 0.6) is 0 Å². The number of carbonyl (C=O) groups excluding carboxylic acids is 1. The molecule has 0 aliphatic rings. The number of nitrogens with one attached hydrogen (secondary N) is 2. The monoisotopic (exact) mass is 589 g/mol. The summed E-state index contributed by atoms with van der Waals surface area (Å²) in [6.45, 7) is 0. The zero-order chi connectivity index (χ0) is 26.4. The Kier molecular flexibility index (Phi) is 9.76. The highest BCUT2D eigenvalue weighted by atomic mass is 79.9. The average Bonchev–Trinajstić information content (AvgIpc) is 2.76. The van der Waals surface area contributed by atoms with Crippen LogP contribution >= 0.6 is 27.5 Å². The topological polar surface area (TPSA) is 99.1 Å². The minimum absolute atomic E-state index is 0.00773. The third kappa shape index (κ3) is 8.86. The summed E-state index contributed by atoms with van der Waals surface area (Å²) in [6, 6.07) is 6.51. The van der Waals surface area contributed by atoms with Gasteiger partial charge in [0.05, 0.1) is 23.4 Å². The fraction of sp³-hybridized carbons (Fsp3) is 0.304. The summed E-state index contributed by atoms with van der Waals surface area (Å²) >= 11 is 9.29. The van der Waals surface area contributed by atoms with E-state index in [-0.39, 0.29) is 17.0 Å². The molecule has 12 heteroatoms. The molecule has 1 amide bonds. The number of sulfone groups is 1. The van der Waals surface area contributed by atoms with Gasteiger partial charge in [0.2, 0.25) is 5.91 Å². The lowest BCUT2D eigenvalue weighted by Gasteiger charge is -2.28. The number of terminal acetylenes is 1. The van der Waals surface area contributed by atoms with Crippen molar-refractivity contribution < 1.29 is 26.4 Å². The number of alkyl halides is 3. The number of nitriles is 1. The van der Waals surface area contributed by atoms with E-state index in [2.05, 4.69) is 32.5 Å². The zero-order valence-corrected chi connectivity index (χ0v) is 21.4. The van der Waals surface area contributed by atoms with E-state index in [1.165, 1.54) is 42.5 Å². The van der Waals surface area contributed by atoms with Crippen LogP contribution < -0.4 is 10.6 Å². The molecule has 2 rings (SSSR count). The third-order valence-corrected chi connectivity index (χ3v) is 6.63. The second kappa shape index (κ2) is 11.9. The summed E-state index contributed by atoms with van der Waals surface area (Å²) in [5, 5.41) is 13.7. The quantitative estimate of drug-likeness (QED) is 0.431. The molecule has 3 atom stereocenters. The van der Waals surface area contributed by atoms with Crippen molar-refractivity contribution in [2.75, 3.05) is 12.0 Å². The van der Waals surface area contributed by atoms with E-state index in [1.54, 1.807) is 0 Å². The number of carbonyl (C=O) groups is 1. The predicted molar refractivity (Wildman–Crippen MR) is 130 cm³/mol. The average molecular weight is 591 g/mol. The molecule has 2 N–H and O–H groups in total. The van der Waals surface area contributed by atoms with Crippen molar-refractivity contribution in [3.63, 3.8) is 0 Å². The summed E-state index contributed by atoms with van der Waals surface area (Å²) in [4.78, 5) is 12.9. The van der Waals surface area contributed by atoms with Gasteiger partial charge in [-0.15, -0.1) is 6.42 Å². The number of rotatable bonds is 9. The molecule has 3 unspecified atom stereocenters. The molecule has 0 saturated heterocycles. The number of amides is 1. The second-order valence-corrected chi connectivity index (χ2v) is 11.2. The highest BCUT2D eigenvalue weighted by Gasteiger charge is 2.43. The van der Waals surface area contributed by atoms with Gasteiger partial charge in [-0.05, 0) is 35.4 Å². The molecule has 0 radical (unpaired) electrons. The molecule has 0 saturated carbocycles. The predicted octanol–water partition coefficient (Wildman–Crippen LogP) is 3.94. The number of hydrogen-bond acceptors (Lipinski definition) is 5. The first-order valence-electron chi connectivity index (χ1n) is 9.94. The van der Waals surface area contributed by atoms with Crippen LogP contribution in [-0.4, -0.2) is 44.6 Å². The molecule has 0 heterocycles. The van der Waals surface area contributed by atoms with Gasteiger partial charge < -0.3 is 5.32 Å². The molecular formula is C23H20BrClF3N3O3S. The molecule has 0 fully saturated rings. The normalized spacial score (nSPS) is 14.3. The highest BCUT2D eigenvalue weighted by Crippen LogP contribution is 2.33. The van der Waals surface area contributed by atoms with Gasteiger partial charge in [-0.2, -0.15) is 18.4 Å². The van der Waals surface area contributed by atoms with Crippen molar-refractivity contribution in [1.82, 2.24) is 10.6 Å². The first kappa shape index (κ1) is 28.7. The van der Waals surface area contributed by atoms with Gasteiger partial charge in [-0.1, -0.05) is 51.7 Å². The van der Waals surface area contributed by atoms with Gasteiger partial charge in [0, 0.05) is 22.2 Å². The molecule has 0 spiro atoms. The molecular weight excluding hydrogens is 571 g/mol.